The van der Waals surface area contributed by atoms with Crippen LogP contribution in [0.25, 0.3) is 0 Å². The Balaban J connectivity index is 1.77. The van der Waals surface area contributed by atoms with E-state index in [1.54, 1.807) is 24.3 Å². The number of hydrogen-bond donors (Lipinski definition) is 0. The summed E-state index contributed by atoms with van der Waals surface area (Å²) >= 11 is 6.35. The molecule has 0 saturated heterocycles. The van der Waals surface area contributed by atoms with Gasteiger partial charge in [0.25, 0.3) is 10.0 Å². The van der Waals surface area contributed by atoms with Gasteiger partial charge in [-0.2, -0.15) is 4.39 Å². The van der Waals surface area contributed by atoms with E-state index in [0.29, 0.717) is 29.7 Å². The first kappa shape index (κ1) is 24.1. The summed E-state index contributed by atoms with van der Waals surface area (Å²) in [6.07, 6.45) is 1.15. The smallest absolute Gasteiger partial charge is 0.268 e. The number of halogens is 3. The number of rotatable bonds is 7. The lowest BCUT2D eigenvalue weighted by atomic mass is 9.97. The number of pyridine rings is 1. The number of aromatic nitrogens is 1. The van der Waals surface area contributed by atoms with Crippen molar-refractivity contribution in [2.75, 3.05) is 11.4 Å². The van der Waals surface area contributed by atoms with Crippen molar-refractivity contribution in [2.45, 2.75) is 36.6 Å². The number of benzene rings is 2. The summed E-state index contributed by atoms with van der Waals surface area (Å²) in [6.45, 7) is -0.237. The van der Waals surface area contributed by atoms with Crippen molar-refractivity contribution in [3.8, 4) is 5.75 Å². The SMILES string of the molecule is COc1ccc(CN(c2cccc(F)n2)S(=O)(=O)c2cc(Cl)c(C3CCC(=O)C3)cc2F)cc1. The summed E-state index contributed by atoms with van der Waals surface area (Å²) in [4.78, 5) is 14.7. The molecule has 34 heavy (non-hydrogen) atoms. The molecule has 10 heteroatoms. The number of ketones is 1. The third-order valence-electron chi connectivity index (χ3n) is 5.75. The third-order valence-corrected chi connectivity index (χ3v) is 7.84. The fourth-order valence-corrected chi connectivity index (χ4v) is 5.83. The molecule has 0 radical (unpaired) electrons. The molecule has 0 N–H and O–H groups in total. The van der Waals surface area contributed by atoms with Gasteiger partial charge in [0.1, 0.15) is 28.1 Å². The van der Waals surface area contributed by atoms with Crippen molar-refractivity contribution < 1.29 is 26.7 Å². The molecule has 0 bridgehead atoms. The van der Waals surface area contributed by atoms with Crippen LogP contribution in [0.15, 0.2) is 59.5 Å². The van der Waals surface area contributed by atoms with E-state index < -0.39 is 26.7 Å². The Morgan fingerprint density at radius 2 is 1.88 bits per heavy atom. The summed E-state index contributed by atoms with van der Waals surface area (Å²) in [5.41, 5.74) is 0.942. The van der Waals surface area contributed by atoms with Crippen LogP contribution in [-0.2, 0) is 21.4 Å². The van der Waals surface area contributed by atoms with Crippen molar-refractivity contribution in [3.63, 3.8) is 0 Å². The van der Waals surface area contributed by atoms with Crippen LogP contribution in [0.4, 0.5) is 14.6 Å². The Morgan fingerprint density at radius 3 is 2.50 bits per heavy atom. The van der Waals surface area contributed by atoms with Crippen LogP contribution in [0.5, 0.6) is 5.75 Å². The van der Waals surface area contributed by atoms with Crippen molar-refractivity contribution in [1.82, 2.24) is 4.98 Å². The second-order valence-corrected chi connectivity index (χ2v) is 10.2. The van der Waals surface area contributed by atoms with Gasteiger partial charge in [0.2, 0.25) is 5.95 Å². The fourth-order valence-electron chi connectivity index (χ4n) is 3.98. The number of carbonyl (C=O) groups excluding carboxylic acids is 1. The van der Waals surface area contributed by atoms with Crippen molar-refractivity contribution in [1.29, 1.82) is 0 Å². The summed E-state index contributed by atoms with van der Waals surface area (Å²) in [6, 6.07) is 12.4. The van der Waals surface area contributed by atoms with E-state index >= 15 is 4.39 Å². The molecule has 0 aliphatic heterocycles. The molecular weight excluding hydrogens is 486 g/mol. The predicted octanol–water partition coefficient (Wildman–Crippen LogP) is 5.25. The number of ether oxygens (including phenoxy) is 1. The molecule has 1 unspecified atom stereocenters. The summed E-state index contributed by atoms with van der Waals surface area (Å²) < 4.78 is 62.3. The van der Waals surface area contributed by atoms with E-state index in [9.17, 15) is 17.6 Å². The normalized spacial score (nSPS) is 16.0. The largest absolute Gasteiger partial charge is 0.497 e. The van der Waals surface area contributed by atoms with Crippen molar-refractivity contribution >= 4 is 33.2 Å². The first-order valence-electron chi connectivity index (χ1n) is 10.5. The Bertz CT molecular complexity index is 1330. The number of carbonyl (C=O) groups is 1. The highest BCUT2D eigenvalue weighted by Crippen LogP contribution is 2.38. The maximum absolute atomic E-state index is 15.2. The molecular formula is C24H21ClF2N2O4S. The minimum atomic E-state index is -4.54. The quantitative estimate of drug-likeness (QED) is 0.409. The summed E-state index contributed by atoms with van der Waals surface area (Å²) in [5, 5.41) is 0.0521. The predicted molar refractivity (Wildman–Crippen MR) is 124 cm³/mol. The zero-order chi connectivity index (χ0) is 24.5. The van der Waals surface area contributed by atoms with Gasteiger partial charge in [-0.05, 0) is 59.9 Å². The molecule has 1 saturated carbocycles. The first-order valence-corrected chi connectivity index (χ1v) is 12.3. The standard InChI is InChI=1S/C24H21ClF2N2O4S/c1-33-18-9-5-15(6-10-18)14-29(24-4-2-3-23(27)28-24)34(31,32)22-13-20(25)19(12-21(22)26)16-7-8-17(30)11-16/h2-6,9-10,12-13,16H,7-8,11,14H2,1H3. The molecule has 1 aliphatic carbocycles. The molecule has 4 rings (SSSR count). The van der Waals surface area contributed by atoms with Crippen LogP contribution in [0, 0.1) is 11.8 Å². The van der Waals surface area contributed by atoms with E-state index in [2.05, 4.69) is 4.98 Å². The average molecular weight is 507 g/mol. The highest BCUT2D eigenvalue weighted by Gasteiger charge is 2.32. The Morgan fingerprint density at radius 1 is 1.15 bits per heavy atom. The van der Waals surface area contributed by atoms with E-state index in [1.807, 2.05) is 0 Å². The van der Waals surface area contributed by atoms with E-state index in [4.69, 9.17) is 16.3 Å². The van der Waals surface area contributed by atoms with Crippen LogP contribution in [0.3, 0.4) is 0 Å². The number of sulfonamides is 1. The minimum Gasteiger partial charge on any atom is -0.497 e. The van der Waals surface area contributed by atoms with Gasteiger partial charge in [0, 0.05) is 17.9 Å². The van der Waals surface area contributed by atoms with Crippen molar-refractivity contribution in [2.24, 2.45) is 0 Å². The highest BCUT2D eigenvalue weighted by atomic mass is 35.5. The molecule has 6 nitrogen and oxygen atoms in total. The van der Waals surface area contributed by atoms with Gasteiger partial charge in [-0.15, -0.1) is 0 Å². The topological polar surface area (TPSA) is 76.6 Å². The van der Waals surface area contributed by atoms with E-state index in [-0.39, 0.29) is 35.5 Å². The number of Topliss-reactive ketones (excluding diaryl/α,β-unsaturated/α-hetero) is 1. The number of methoxy groups -OCH3 is 1. The zero-order valence-electron chi connectivity index (χ0n) is 18.2. The molecule has 0 amide bonds. The lowest BCUT2D eigenvalue weighted by molar-refractivity contribution is -0.117. The van der Waals surface area contributed by atoms with Crippen LogP contribution in [0.1, 0.15) is 36.3 Å². The van der Waals surface area contributed by atoms with Gasteiger partial charge >= 0.3 is 0 Å². The van der Waals surface area contributed by atoms with Gasteiger partial charge in [-0.1, -0.05) is 29.8 Å². The first-order chi connectivity index (χ1) is 16.2. The van der Waals surface area contributed by atoms with Gasteiger partial charge in [0.05, 0.1) is 13.7 Å². The third kappa shape index (κ3) is 4.90. The molecule has 1 aliphatic rings. The van der Waals surface area contributed by atoms with Crippen LogP contribution in [-0.4, -0.2) is 26.3 Å². The Kier molecular flexibility index (Phi) is 6.86. The zero-order valence-corrected chi connectivity index (χ0v) is 19.7. The summed E-state index contributed by atoms with van der Waals surface area (Å²) in [7, 11) is -3.04. The average Bonchev–Trinajstić information content (AvgIpc) is 3.24. The molecule has 2 aromatic carbocycles. The minimum absolute atomic E-state index is 0.0521. The number of hydrogen-bond acceptors (Lipinski definition) is 5. The van der Waals surface area contributed by atoms with Gasteiger partial charge in [0.15, 0.2) is 0 Å². The van der Waals surface area contributed by atoms with Crippen LogP contribution >= 0.6 is 11.6 Å². The molecule has 1 aromatic heterocycles. The van der Waals surface area contributed by atoms with Crippen LogP contribution < -0.4 is 9.04 Å². The maximum atomic E-state index is 15.2. The fraction of sp³-hybridized carbons (Fsp3) is 0.250. The van der Waals surface area contributed by atoms with Gasteiger partial charge in [-0.25, -0.2) is 22.1 Å². The molecule has 1 atom stereocenters. The Labute approximate surface area is 201 Å². The summed E-state index contributed by atoms with van der Waals surface area (Å²) in [5.74, 6) is -1.73. The lowest BCUT2D eigenvalue weighted by Gasteiger charge is -2.24. The van der Waals surface area contributed by atoms with E-state index in [1.165, 1.54) is 19.2 Å². The second-order valence-electron chi connectivity index (χ2n) is 7.96. The Hall–Kier alpha value is -3.04. The van der Waals surface area contributed by atoms with Gasteiger partial charge < -0.3 is 4.74 Å². The van der Waals surface area contributed by atoms with E-state index in [0.717, 1.165) is 22.5 Å². The lowest BCUT2D eigenvalue weighted by Crippen LogP contribution is -2.32. The van der Waals surface area contributed by atoms with Gasteiger partial charge in [-0.3, -0.25) is 4.79 Å². The molecule has 1 fully saturated rings. The molecule has 3 aromatic rings. The number of anilines is 1. The van der Waals surface area contributed by atoms with Crippen molar-refractivity contribution in [3.05, 3.63) is 82.5 Å². The highest BCUT2D eigenvalue weighted by molar-refractivity contribution is 7.92. The number of nitrogens with zero attached hydrogens (tertiary/aromatic N) is 2. The molecule has 0 spiro atoms. The molecule has 178 valence electrons. The monoisotopic (exact) mass is 506 g/mol. The van der Waals surface area contributed by atoms with Crippen LogP contribution in [0.2, 0.25) is 5.02 Å². The second kappa shape index (κ2) is 9.68. The maximum Gasteiger partial charge on any atom is 0.268 e. The molecule has 1 heterocycles.